The Bertz CT molecular complexity index is 1850. The van der Waals surface area contributed by atoms with Gasteiger partial charge in [0.2, 0.25) is 0 Å². The Kier molecular flexibility index (Phi) is 4.42. The van der Waals surface area contributed by atoms with Gasteiger partial charge in [-0.15, -0.1) is 0 Å². The number of nitro groups is 1. The molecule has 5 heterocycles. The molecule has 4 aromatic rings. The van der Waals surface area contributed by atoms with Gasteiger partial charge in [0.05, 0.1) is 28.4 Å². The molecule has 1 N–H and O–H groups in total. The number of rotatable bonds is 3. The number of aromatic nitrogens is 2. The van der Waals surface area contributed by atoms with Gasteiger partial charge in [-0.1, -0.05) is 25.1 Å². The van der Waals surface area contributed by atoms with Crippen molar-refractivity contribution < 1.29 is 33.8 Å². The summed E-state index contributed by atoms with van der Waals surface area (Å²) >= 11 is 0. The zero-order valence-corrected chi connectivity index (χ0v) is 20.2. The number of hydrogen-bond acceptors (Lipinski definition) is 10. The highest BCUT2D eigenvalue weighted by molar-refractivity contribution is 5.95. The molecule has 1 fully saturated rings. The molecule has 0 unspecified atom stereocenters. The van der Waals surface area contributed by atoms with E-state index >= 15 is 0 Å². The molecule has 3 aliphatic heterocycles. The summed E-state index contributed by atoms with van der Waals surface area (Å²) in [6.07, 6.45) is -1.36. The summed E-state index contributed by atoms with van der Waals surface area (Å²) in [7, 11) is 0. The molecule has 1 spiro atoms. The van der Waals surface area contributed by atoms with E-state index in [0.717, 1.165) is 5.39 Å². The van der Waals surface area contributed by atoms with Gasteiger partial charge in [-0.05, 0) is 36.2 Å². The van der Waals surface area contributed by atoms with E-state index in [4.69, 9.17) is 19.2 Å². The SMILES string of the molecule is CC[C@@]1(O)C(=O)OC2(OC(=O)O2)c2c1c(-c1ccc([N+](=O)[O-])cc1)c1n(c2=O)Cc2cc3ccccc3nc2-1. The number of para-hydroxylation sites is 1. The van der Waals surface area contributed by atoms with Gasteiger partial charge in [0.1, 0.15) is 0 Å². The normalized spacial score (nSPS) is 19.8. The van der Waals surface area contributed by atoms with Crippen LogP contribution in [-0.2, 0) is 37.1 Å². The molecule has 1 atom stereocenters. The first kappa shape index (κ1) is 23.0. The first-order valence-electron chi connectivity index (χ1n) is 12.0. The molecular formula is C27H17N3O9. The van der Waals surface area contributed by atoms with Crippen LogP contribution in [0.4, 0.5) is 10.5 Å². The summed E-state index contributed by atoms with van der Waals surface area (Å²) in [5, 5.41) is 23.9. The lowest BCUT2D eigenvalue weighted by molar-refractivity contribution is -0.408. The van der Waals surface area contributed by atoms with Crippen molar-refractivity contribution >= 4 is 28.7 Å². The smallest absolute Gasteiger partial charge is 0.381 e. The molecule has 0 amide bonds. The highest BCUT2D eigenvalue weighted by atomic mass is 17.0. The average Bonchev–Trinajstić information content (AvgIpc) is 3.28. The summed E-state index contributed by atoms with van der Waals surface area (Å²) in [6, 6.07) is 14.7. The molecule has 7 rings (SSSR count). The molecule has 12 nitrogen and oxygen atoms in total. The molecule has 0 radical (unpaired) electrons. The quantitative estimate of drug-likeness (QED) is 0.209. The van der Waals surface area contributed by atoms with Crippen LogP contribution in [0.2, 0.25) is 0 Å². The number of pyridine rings is 2. The van der Waals surface area contributed by atoms with E-state index in [1.54, 1.807) is 0 Å². The second-order valence-corrected chi connectivity index (χ2v) is 9.47. The van der Waals surface area contributed by atoms with Crippen molar-refractivity contribution in [2.45, 2.75) is 31.5 Å². The predicted octanol–water partition coefficient (Wildman–Crippen LogP) is 3.43. The lowest BCUT2D eigenvalue weighted by Crippen LogP contribution is -2.61. The van der Waals surface area contributed by atoms with E-state index in [9.17, 15) is 29.6 Å². The third kappa shape index (κ3) is 2.91. The molecule has 2 aromatic heterocycles. The fourth-order valence-corrected chi connectivity index (χ4v) is 5.55. The molecule has 1 saturated heterocycles. The fourth-order valence-electron chi connectivity index (χ4n) is 5.55. The van der Waals surface area contributed by atoms with Crippen LogP contribution in [0.5, 0.6) is 0 Å². The summed E-state index contributed by atoms with van der Waals surface area (Å²) in [4.78, 5) is 54.7. The van der Waals surface area contributed by atoms with Crippen molar-refractivity contribution in [3.8, 4) is 22.5 Å². The maximum absolute atomic E-state index is 14.1. The van der Waals surface area contributed by atoms with Gasteiger partial charge in [0, 0.05) is 34.2 Å². The van der Waals surface area contributed by atoms with Crippen LogP contribution in [0, 0.1) is 10.1 Å². The van der Waals surface area contributed by atoms with E-state index in [0.29, 0.717) is 28.0 Å². The number of nitro benzene ring substituents is 1. The van der Waals surface area contributed by atoms with Crippen molar-refractivity contribution in [3.63, 3.8) is 0 Å². The second-order valence-electron chi connectivity index (χ2n) is 9.47. The minimum atomic E-state index is -2.47. The van der Waals surface area contributed by atoms with Crippen LogP contribution in [0.1, 0.15) is 30.0 Å². The van der Waals surface area contributed by atoms with E-state index in [2.05, 4.69) is 0 Å². The van der Waals surface area contributed by atoms with E-state index in [-0.39, 0.29) is 35.3 Å². The first-order chi connectivity index (χ1) is 18.7. The van der Waals surface area contributed by atoms with Gasteiger partial charge in [0.15, 0.2) is 11.2 Å². The number of aliphatic hydroxyl groups is 1. The standard InChI is InChI=1S/C27H17N3O9/c1-2-26(34)19-18(13-7-9-16(10-8-13)30(35)36)22-21-15(11-14-5-3-4-6-17(14)28-21)12-29(22)23(31)20(19)27(37-24(26)32)38-25(33)39-27/h3-11,34H,2,12H2,1H3/t26-/m0/s1. The van der Waals surface area contributed by atoms with Crippen LogP contribution in [0.3, 0.4) is 0 Å². The molecule has 12 heteroatoms. The van der Waals surface area contributed by atoms with Crippen molar-refractivity contribution in [1.82, 2.24) is 9.55 Å². The number of hydrogen-bond donors (Lipinski definition) is 1. The predicted molar refractivity (Wildman–Crippen MR) is 132 cm³/mol. The molecule has 2 aromatic carbocycles. The Labute approximate surface area is 218 Å². The lowest BCUT2D eigenvalue weighted by atomic mass is 9.78. The third-order valence-electron chi connectivity index (χ3n) is 7.42. The number of carbonyl (C=O) groups is 2. The van der Waals surface area contributed by atoms with Gasteiger partial charge in [-0.3, -0.25) is 14.9 Å². The summed E-state index contributed by atoms with van der Waals surface area (Å²) in [5.74, 6) is -3.64. The minimum absolute atomic E-state index is 0.0805. The highest BCUT2D eigenvalue weighted by Crippen LogP contribution is 2.53. The maximum atomic E-state index is 14.1. The molecular weight excluding hydrogens is 510 g/mol. The van der Waals surface area contributed by atoms with Gasteiger partial charge in [0.25, 0.3) is 11.2 Å². The topological polar surface area (TPSA) is 160 Å². The average molecular weight is 527 g/mol. The van der Waals surface area contributed by atoms with Gasteiger partial charge in [-0.2, -0.15) is 0 Å². The zero-order valence-electron chi connectivity index (χ0n) is 20.2. The third-order valence-corrected chi connectivity index (χ3v) is 7.42. The Morgan fingerprint density at radius 2 is 1.77 bits per heavy atom. The Balaban J connectivity index is 1.64. The van der Waals surface area contributed by atoms with E-state index < -0.39 is 34.2 Å². The number of esters is 1. The number of ether oxygens (including phenoxy) is 3. The second kappa shape index (κ2) is 7.48. The van der Waals surface area contributed by atoms with Crippen molar-refractivity contribution in [3.05, 3.63) is 91.8 Å². The Morgan fingerprint density at radius 1 is 1.05 bits per heavy atom. The molecule has 3 aliphatic rings. The van der Waals surface area contributed by atoms with Crippen molar-refractivity contribution in [2.75, 3.05) is 0 Å². The first-order valence-corrected chi connectivity index (χ1v) is 12.0. The van der Waals surface area contributed by atoms with Gasteiger partial charge >= 0.3 is 18.1 Å². The molecule has 0 bridgehead atoms. The van der Waals surface area contributed by atoms with Crippen LogP contribution < -0.4 is 5.56 Å². The lowest BCUT2D eigenvalue weighted by Gasteiger charge is -2.45. The number of non-ortho nitro benzene ring substituents is 1. The number of nitrogens with zero attached hydrogens (tertiary/aromatic N) is 3. The van der Waals surface area contributed by atoms with Gasteiger partial charge in [-0.25, -0.2) is 14.6 Å². The summed E-state index contributed by atoms with van der Waals surface area (Å²) < 4.78 is 16.8. The molecule has 0 saturated carbocycles. The minimum Gasteiger partial charge on any atom is -0.381 e. The molecule has 0 aliphatic carbocycles. The van der Waals surface area contributed by atoms with Crippen molar-refractivity contribution in [1.29, 1.82) is 0 Å². The molecule has 39 heavy (non-hydrogen) atoms. The Morgan fingerprint density at radius 3 is 2.44 bits per heavy atom. The van der Waals surface area contributed by atoms with Crippen LogP contribution >= 0.6 is 0 Å². The fraction of sp³-hybridized carbons (Fsp3) is 0.185. The van der Waals surface area contributed by atoms with E-state index in [1.165, 1.54) is 35.8 Å². The van der Waals surface area contributed by atoms with Crippen molar-refractivity contribution in [2.24, 2.45) is 0 Å². The van der Waals surface area contributed by atoms with Gasteiger partial charge < -0.3 is 23.9 Å². The number of benzene rings is 2. The highest BCUT2D eigenvalue weighted by Gasteiger charge is 2.67. The summed E-state index contributed by atoms with van der Waals surface area (Å²) in [5.41, 5.74) is -1.08. The van der Waals surface area contributed by atoms with Crippen LogP contribution in [0.25, 0.3) is 33.4 Å². The Hall–Kier alpha value is -5.10. The zero-order chi connectivity index (χ0) is 27.3. The maximum Gasteiger partial charge on any atom is 0.520 e. The number of carbonyl (C=O) groups excluding carboxylic acids is 2. The molecule has 194 valence electrons. The van der Waals surface area contributed by atoms with Crippen LogP contribution in [-0.4, -0.2) is 31.7 Å². The summed E-state index contributed by atoms with van der Waals surface area (Å²) in [6.45, 7) is 1.61. The van der Waals surface area contributed by atoms with E-state index in [1.807, 2.05) is 30.3 Å². The number of fused-ring (bicyclic) bond motifs is 6. The largest absolute Gasteiger partial charge is 0.520 e. The monoisotopic (exact) mass is 527 g/mol. The van der Waals surface area contributed by atoms with Crippen LogP contribution in [0.15, 0.2) is 59.4 Å².